The van der Waals surface area contributed by atoms with E-state index < -0.39 is 0 Å². The Morgan fingerprint density at radius 2 is 2.19 bits per heavy atom. The van der Waals surface area contributed by atoms with Crippen LogP contribution in [0.4, 0.5) is 0 Å². The molecule has 1 aliphatic rings. The van der Waals surface area contributed by atoms with Gasteiger partial charge in [0, 0.05) is 0 Å². The molecule has 2 unspecified atom stereocenters. The second-order valence-electron chi connectivity index (χ2n) is 4.72. The van der Waals surface area contributed by atoms with Gasteiger partial charge in [-0.05, 0) is 39.2 Å². The molecule has 94 valence electrons. The second kappa shape index (κ2) is 6.86. The minimum absolute atomic E-state index is 0.122. The molecule has 4 heteroatoms. The lowest BCUT2D eigenvalue weighted by Gasteiger charge is -2.26. The van der Waals surface area contributed by atoms with Gasteiger partial charge in [-0.3, -0.25) is 4.79 Å². The van der Waals surface area contributed by atoms with Gasteiger partial charge in [-0.15, -0.1) is 0 Å². The Morgan fingerprint density at radius 1 is 1.44 bits per heavy atom. The lowest BCUT2D eigenvalue weighted by Crippen LogP contribution is -2.44. The van der Waals surface area contributed by atoms with E-state index in [0.29, 0.717) is 19.1 Å². The highest BCUT2D eigenvalue weighted by molar-refractivity contribution is 5.75. The standard InChI is InChI=1S/C12H23NO3/c1-9(2)15-6-7-16-12(14)11-8-10(3)4-5-13-11/h9-11,13H,4-8H2,1-3H3. The number of carbonyl (C=O) groups is 1. The minimum atomic E-state index is -0.140. The van der Waals surface area contributed by atoms with Crippen molar-refractivity contribution in [3.05, 3.63) is 0 Å². The first kappa shape index (κ1) is 13.5. The first-order valence-electron chi connectivity index (χ1n) is 6.11. The van der Waals surface area contributed by atoms with Crippen molar-refractivity contribution in [2.24, 2.45) is 5.92 Å². The quantitative estimate of drug-likeness (QED) is 0.571. The van der Waals surface area contributed by atoms with E-state index in [0.717, 1.165) is 19.4 Å². The molecule has 1 heterocycles. The van der Waals surface area contributed by atoms with Crippen LogP contribution in [0.1, 0.15) is 33.6 Å². The summed E-state index contributed by atoms with van der Waals surface area (Å²) in [5.74, 6) is 0.463. The molecule has 16 heavy (non-hydrogen) atoms. The maximum absolute atomic E-state index is 11.6. The zero-order chi connectivity index (χ0) is 12.0. The number of nitrogens with one attached hydrogen (secondary N) is 1. The highest BCUT2D eigenvalue weighted by Crippen LogP contribution is 2.15. The SMILES string of the molecule is CC1CCNC(C(=O)OCCOC(C)C)C1. The van der Waals surface area contributed by atoms with Crippen LogP contribution in [0.2, 0.25) is 0 Å². The van der Waals surface area contributed by atoms with Crippen molar-refractivity contribution >= 4 is 5.97 Å². The van der Waals surface area contributed by atoms with Gasteiger partial charge in [0.2, 0.25) is 0 Å². The number of carbonyl (C=O) groups excluding carboxylic acids is 1. The molecule has 1 rings (SSSR count). The zero-order valence-corrected chi connectivity index (χ0v) is 10.5. The van der Waals surface area contributed by atoms with Crippen LogP contribution in [0, 0.1) is 5.92 Å². The van der Waals surface area contributed by atoms with Crippen LogP contribution in [-0.4, -0.2) is 37.9 Å². The molecule has 4 nitrogen and oxygen atoms in total. The minimum Gasteiger partial charge on any atom is -0.462 e. The molecule has 1 N–H and O–H groups in total. The fourth-order valence-corrected chi connectivity index (χ4v) is 1.81. The number of piperidine rings is 1. The largest absolute Gasteiger partial charge is 0.462 e. The van der Waals surface area contributed by atoms with E-state index >= 15 is 0 Å². The molecule has 1 saturated heterocycles. The van der Waals surface area contributed by atoms with Crippen molar-refractivity contribution < 1.29 is 14.3 Å². The predicted octanol–water partition coefficient (Wildman–Crippen LogP) is 1.34. The second-order valence-corrected chi connectivity index (χ2v) is 4.72. The van der Waals surface area contributed by atoms with Gasteiger partial charge in [0.25, 0.3) is 0 Å². The summed E-state index contributed by atoms with van der Waals surface area (Å²) in [6.07, 6.45) is 2.20. The number of rotatable bonds is 5. The Balaban J connectivity index is 2.14. The van der Waals surface area contributed by atoms with Gasteiger partial charge in [-0.2, -0.15) is 0 Å². The topological polar surface area (TPSA) is 47.6 Å². The molecule has 0 aromatic rings. The Morgan fingerprint density at radius 3 is 2.81 bits per heavy atom. The Labute approximate surface area is 97.7 Å². The van der Waals surface area contributed by atoms with Crippen molar-refractivity contribution in [1.82, 2.24) is 5.32 Å². The molecule has 0 bridgehead atoms. The molecular weight excluding hydrogens is 206 g/mol. The van der Waals surface area contributed by atoms with Crippen LogP contribution in [0.25, 0.3) is 0 Å². The van der Waals surface area contributed by atoms with E-state index in [9.17, 15) is 4.79 Å². The normalized spacial score (nSPS) is 25.8. The zero-order valence-electron chi connectivity index (χ0n) is 10.5. The lowest BCUT2D eigenvalue weighted by molar-refractivity contribution is -0.149. The maximum Gasteiger partial charge on any atom is 0.323 e. The first-order valence-corrected chi connectivity index (χ1v) is 6.11. The van der Waals surface area contributed by atoms with Gasteiger partial charge >= 0.3 is 5.97 Å². The molecule has 0 spiro atoms. The van der Waals surface area contributed by atoms with E-state index in [-0.39, 0.29) is 18.1 Å². The molecule has 1 fully saturated rings. The summed E-state index contributed by atoms with van der Waals surface area (Å²) in [7, 11) is 0. The van der Waals surface area contributed by atoms with Gasteiger partial charge in [-0.1, -0.05) is 6.92 Å². The number of hydrogen-bond donors (Lipinski definition) is 1. The van der Waals surface area contributed by atoms with Gasteiger partial charge in [-0.25, -0.2) is 0 Å². The van der Waals surface area contributed by atoms with Crippen LogP contribution < -0.4 is 5.32 Å². The fourth-order valence-electron chi connectivity index (χ4n) is 1.81. The van der Waals surface area contributed by atoms with E-state index in [4.69, 9.17) is 9.47 Å². The fraction of sp³-hybridized carbons (Fsp3) is 0.917. The molecule has 1 aliphatic heterocycles. The smallest absolute Gasteiger partial charge is 0.323 e. The van der Waals surface area contributed by atoms with Crippen molar-refractivity contribution in [2.75, 3.05) is 19.8 Å². The molecule has 2 atom stereocenters. The van der Waals surface area contributed by atoms with E-state index in [1.807, 2.05) is 13.8 Å². The van der Waals surface area contributed by atoms with Crippen LogP contribution in [-0.2, 0) is 14.3 Å². The van der Waals surface area contributed by atoms with E-state index in [1.165, 1.54) is 0 Å². The molecular formula is C12H23NO3. The lowest BCUT2D eigenvalue weighted by atomic mass is 9.94. The van der Waals surface area contributed by atoms with Crippen LogP contribution >= 0.6 is 0 Å². The highest BCUT2D eigenvalue weighted by atomic mass is 16.6. The van der Waals surface area contributed by atoms with Crippen LogP contribution in [0.5, 0.6) is 0 Å². The average molecular weight is 229 g/mol. The van der Waals surface area contributed by atoms with Crippen LogP contribution in [0.3, 0.4) is 0 Å². The Bertz CT molecular complexity index is 218. The summed E-state index contributed by atoms with van der Waals surface area (Å²) >= 11 is 0. The molecule has 0 radical (unpaired) electrons. The van der Waals surface area contributed by atoms with Crippen molar-refractivity contribution in [1.29, 1.82) is 0 Å². The van der Waals surface area contributed by atoms with Crippen LogP contribution in [0.15, 0.2) is 0 Å². The summed E-state index contributed by atoms with van der Waals surface area (Å²) in [6.45, 7) is 7.83. The third-order valence-electron chi connectivity index (χ3n) is 2.73. The average Bonchev–Trinajstić information content (AvgIpc) is 2.24. The predicted molar refractivity (Wildman–Crippen MR) is 62.2 cm³/mol. The Kier molecular flexibility index (Phi) is 5.77. The van der Waals surface area contributed by atoms with Gasteiger partial charge in [0.05, 0.1) is 12.7 Å². The summed E-state index contributed by atoms with van der Waals surface area (Å²) in [4.78, 5) is 11.6. The van der Waals surface area contributed by atoms with Gasteiger partial charge in [0.15, 0.2) is 0 Å². The third kappa shape index (κ3) is 4.94. The summed E-state index contributed by atoms with van der Waals surface area (Å²) < 4.78 is 10.5. The summed E-state index contributed by atoms with van der Waals surface area (Å²) in [6, 6.07) is -0.122. The number of ether oxygens (including phenoxy) is 2. The van der Waals surface area contributed by atoms with E-state index in [2.05, 4.69) is 12.2 Å². The highest BCUT2D eigenvalue weighted by Gasteiger charge is 2.25. The van der Waals surface area contributed by atoms with Crippen molar-refractivity contribution in [3.8, 4) is 0 Å². The van der Waals surface area contributed by atoms with Crippen molar-refractivity contribution in [3.63, 3.8) is 0 Å². The number of hydrogen-bond acceptors (Lipinski definition) is 4. The Hall–Kier alpha value is -0.610. The third-order valence-corrected chi connectivity index (χ3v) is 2.73. The monoisotopic (exact) mass is 229 g/mol. The number of esters is 1. The molecule has 0 saturated carbocycles. The molecule has 0 amide bonds. The molecule has 0 aromatic heterocycles. The molecule has 0 aliphatic carbocycles. The van der Waals surface area contributed by atoms with Gasteiger partial charge in [0.1, 0.15) is 12.6 Å². The van der Waals surface area contributed by atoms with Crippen molar-refractivity contribution in [2.45, 2.75) is 45.8 Å². The van der Waals surface area contributed by atoms with Gasteiger partial charge < -0.3 is 14.8 Å². The summed E-state index contributed by atoms with van der Waals surface area (Å²) in [5, 5.41) is 3.18. The maximum atomic E-state index is 11.6. The molecule has 0 aromatic carbocycles. The summed E-state index contributed by atoms with van der Waals surface area (Å²) in [5.41, 5.74) is 0. The first-order chi connectivity index (χ1) is 7.59. The van der Waals surface area contributed by atoms with E-state index in [1.54, 1.807) is 0 Å².